The molecule has 0 bridgehead atoms. The van der Waals surface area contributed by atoms with Crippen LogP contribution in [0.3, 0.4) is 0 Å². The van der Waals surface area contributed by atoms with Crippen LogP contribution in [0, 0.1) is 0 Å². The number of hydrogen-bond donors (Lipinski definition) is 0. The van der Waals surface area contributed by atoms with Gasteiger partial charge in [-0.05, 0) is 30.3 Å². The minimum absolute atomic E-state index is 0.0750. The van der Waals surface area contributed by atoms with Crippen molar-refractivity contribution in [1.29, 1.82) is 0 Å². The van der Waals surface area contributed by atoms with E-state index in [0.29, 0.717) is 48.6 Å². The van der Waals surface area contributed by atoms with Crippen LogP contribution in [0.1, 0.15) is 39.1 Å². The van der Waals surface area contributed by atoms with Crippen LogP contribution in [0.2, 0.25) is 0 Å². The number of amides is 1. The summed E-state index contributed by atoms with van der Waals surface area (Å²) < 4.78 is 11.8. The van der Waals surface area contributed by atoms with Crippen molar-refractivity contribution >= 4 is 11.9 Å². The predicted octanol–water partition coefficient (Wildman–Crippen LogP) is 4.78. The molecule has 0 saturated carbocycles. The van der Waals surface area contributed by atoms with Crippen molar-refractivity contribution in [2.45, 2.75) is 18.4 Å². The molecule has 0 aliphatic carbocycles. The van der Waals surface area contributed by atoms with E-state index < -0.39 is 5.60 Å². The van der Waals surface area contributed by atoms with Crippen molar-refractivity contribution in [3.05, 3.63) is 95.6 Å². The maximum Gasteiger partial charge on any atom is 0.339 e. The zero-order chi connectivity index (χ0) is 20.6. The molecule has 5 heteroatoms. The number of carbonyl (C=O) groups is 2. The molecule has 5 rings (SSSR count). The Morgan fingerprint density at radius 3 is 2.33 bits per heavy atom. The standard InChI is InChI=1S/C25H21NO4/c27-23(20-11-5-7-13-22(20)29-18-8-2-1-3-9-18)26-16-14-25(15-17-26)21-12-6-4-10-19(21)24(28)30-25/h1-13H,14-17H2. The van der Waals surface area contributed by atoms with Gasteiger partial charge in [-0.15, -0.1) is 0 Å². The molecule has 1 amide bonds. The van der Waals surface area contributed by atoms with Gasteiger partial charge in [0, 0.05) is 31.5 Å². The third-order valence-electron chi connectivity index (χ3n) is 5.87. The van der Waals surface area contributed by atoms with E-state index in [9.17, 15) is 9.59 Å². The number of ether oxygens (including phenoxy) is 2. The molecule has 1 spiro atoms. The lowest BCUT2D eigenvalue weighted by atomic mass is 9.83. The van der Waals surface area contributed by atoms with E-state index >= 15 is 0 Å². The smallest absolute Gasteiger partial charge is 0.339 e. The SMILES string of the molecule is O=C1OC2(CCN(C(=O)c3ccccc3Oc3ccccc3)CC2)c2ccccc21. The van der Waals surface area contributed by atoms with E-state index in [2.05, 4.69) is 0 Å². The maximum atomic E-state index is 13.3. The molecule has 1 saturated heterocycles. The van der Waals surface area contributed by atoms with E-state index in [1.165, 1.54) is 0 Å². The maximum absolute atomic E-state index is 13.3. The summed E-state index contributed by atoms with van der Waals surface area (Å²) in [6.07, 6.45) is 1.17. The lowest BCUT2D eigenvalue weighted by Crippen LogP contribution is -2.45. The van der Waals surface area contributed by atoms with Crippen LogP contribution in [0.25, 0.3) is 0 Å². The summed E-state index contributed by atoms with van der Waals surface area (Å²) in [7, 11) is 0. The second-order valence-electron chi connectivity index (χ2n) is 7.63. The number of esters is 1. The highest BCUT2D eigenvalue weighted by Crippen LogP contribution is 2.44. The first-order valence-electron chi connectivity index (χ1n) is 10.1. The van der Waals surface area contributed by atoms with Gasteiger partial charge in [0.05, 0.1) is 11.1 Å². The van der Waals surface area contributed by atoms with Crippen LogP contribution in [0.4, 0.5) is 0 Å². The molecule has 2 aliphatic heterocycles. The van der Waals surface area contributed by atoms with Gasteiger partial charge >= 0.3 is 5.97 Å². The van der Waals surface area contributed by atoms with Crippen LogP contribution in [-0.2, 0) is 10.3 Å². The number of fused-ring (bicyclic) bond motifs is 2. The largest absolute Gasteiger partial charge is 0.457 e. The normalized spacial score (nSPS) is 16.8. The highest BCUT2D eigenvalue weighted by molar-refractivity contribution is 5.97. The molecule has 0 atom stereocenters. The van der Waals surface area contributed by atoms with E-state index in [1.807, 2.05) is 65.6 Å². The fourth-order valence-corrected chi connectivity index (χ4v) is 4.31. The van der Waals surface area contributed by atoms with Gasteiger partial charge in [0.1, 0.15) is 17.1 Å². The zero-order valence-corrected chi connectivity index (χ0v) is 16.4. The molecule has 30 heavy (non-hydrogen) atoms. The first-order valence-corrected chi connectivity index (χ1v) is 10.1. The molecule has 2 aliphatic rings. The molecule has 3 aromatic carbocycles. The highest BCUT2D eigenvalue weighted by atomic mass is 16.6. The Morgan fingerprint density at radius 1 is 0.867 bits per heavy atom. The summed E-state index contributed by atoms with van der Waals surface area (Å²) >= 11 is 0. The number of benzene rings is 3. The van der Waals surface area contributed by atoms with Crippen LogP contribution in [0.5, 0.6) is 11.5 Å². The monoisotopic (exact) mass is 399 g/mol. The Balaban J connectivity index is 1.35. The highest BCUT2D eigenvalue weighted by Gasteiger charge is 2.47. The fraction of sp³-hybridized carbons (Fsp3) is 0.200. The summed E-state index contributed by atoms with van der Waals surface area (Å²) in [4.78, 5) is 27.3. The molecule has 0 unspecified atom stereocenters. The molecule has 0 N–H and O–H groups in total. The van der Waals surface area contributed by atoms with Gasteiger partial charge in [-0.25, -0.2) is 4.79 Å². The first-order chi connectivity index (χ1) is 14.7. The quantitative estimate of drug-likeness (QED) is 0.595. The molecular weight excluding hydrogens is 378 g/mol. The van der Waals surface area contributed by atoms with Crippen molar-refractivity contribution in [2.24, 2.45) is 0 Å². The third kappa shape index (κ3) is 3.12. The van der Waals surface area contributed by atoms with Gasteiger partial charge in [0.2, 0.25) is 0 Å². The van der Waals surface area contributed by atoms with Crippen molar-refractivity contribution < 1.29 is 19.1 Å². The molecule has 0 radical (unpaired) electrons. The molecule has 3 aromatic rings. The number of likely N-dealkylation sites (tertiary alicyclic amines) is 1. The predicted molar refractivity (Wildman–Crippen MR) is 112 cm³/mol. The van der Waals surface area contributed by atoms with Gasteiger partial charge in [-0.3, -0.25) is 4.79 Å². The van der Waals surface area contributed by atoms with Crippen molar-refractivity contribution in [3.8, 4) is 11.5 Å². The second-order valence-corrected chi connectivity index (χ2v) is 7.63. The van der Waals surface area contributed by atoms with Gasteiger partial charge in [-0.1, -0.05) is 48.5 Å². The summed E-state index contributed by atoms with van der Waals surface area (Å²) in [6, 6.07) is 24.3. The van der Waals surface area contributed by atoms with Crippen LogP contribution in [-0.4, -0.2) is 29.9 Å². The topological polar surface area (TPSA) is 55.8 Å². The Labute approximate surface area is 174 Å². The van der Waals surface area contributed by atoms with Gasteiger partial charge in [-0.2, -0.15) is 0 Å². The number of piperidine rings is 1. The van der Waals surface area contributed by atoms with Crippen molar-refractivity contribution in [2.75, 3.05) is 13.1 Å². The average molecular weight is 399 g/mol. The molecule has 150 valence electrons. The second kappa shape index (κ2) is 7.34. The third-order valence-corrected chi connectivity index (χ3v) is 5.87. The number of carbonyl (C=O) groups excluding carboxylic acids is 2. The van der Waals surface area contributed by atoms with Crippen molar-refractivity contribution in [3.63, 3.8) is 0 Å². The summed E-state index contributed by atoms with van der Waals surface area (Å²) in [5, 5.41) is 0. The zero-order valence-electron chi connectivity index (χ0n) is 16.4. The van der Waals surface area contributed by atoms with Gasteiger partial charge in [0.25, 0.3) is 5.91 Å². The van der Waals surface area contributed by atoms with E-state index in [4.69, 9.17) is 9.47 Å². The Bertz CT molecular complexity index is 1100. The van der Waals surface area contributed by atoms with E-state index in [0.717, 1.165) is 5.56 Å². The van der Waals surface area contributed by atoms with E-state index in [-0.39, 0.29) is 11.9 Å². The molecule has 5 nitrogen and oxygen atoms in total. The molecular formula is C25H21NO4. The Morgan fingerprint density at radius 2 is 1.53 bits per heavy atom. The van der Waals surface area contributed by atoms with Crippen molar-refractivity contribution in [1.82, 2.24) is 4.90 Å². The molecule has 2 heterocycles. The molecule has 1 fully saturated rings. The minimum atomic E-state index is -0.621. The fourth-order valence-electron chi connectivity index (χ4n) is 4.31. The number of hydrogen-bond acceptors (Lipinski definition) is 4. The number of rotatable bonds is 3. The van der Waals surface area contributed by atoms with Gasteiger partial charge < -0.3 is 14.4 Å². The Kier molecular flexibility index (Phi) is 4.51. The van der Waals surface area contributed by atoms with E-state index in [1.54, 1.807) is 18.2 Å². The minimum Gasteiger partial charge on any atom is -0.457 e. The number of para-hydroxylation sites is 2. The van der Waals surface area contributed by atoms with Crippen LogP contribution < -0.4 is 4.74 Å². The summed E-state index contributed by atoms with van der Waals surface area (Å²) in [6.45, 7) is 1.03. The summed E-state index contributed by atoms with van der Waals surface area (Å²) in [5.74, 6) is 0.873. The van der Waals surface area contributed by atoms with Crippen LogP contribution >= 0.6 is 0 Å². The molecule has 0 aromatic heterocycles. The lowest BCUT2D eigenvalue weighted by molar-refractivity contribution is -0.0389. The average Bonchev–Trinajstić information content (AvgIpc) is 3.06. The van der Waals surface area contributed by atoms with Gasteiger partial charge in [0.15, 0.2) is 0 Å². The summed E-state index contributed by atoms with van der Waals surface area (Å²) in [5.41, 5.74) is 1.49. The van der Waals surface area contributed by atoms with Crippen LogP contribution in [0.15, 0.2) is 78.9 Å². The lowest BCUT2D eigenvalue weighted by Gasteiger charge is -2.38. The Hall–Kier alpha value is -3.60. The first kappa shape index (κ1) is 18.4. The number of nitrogens with zero attached hydrogens (tertiary/aromatic N) is 1.